The van der Waals surface area contributed by atoms with Gasteiger partial charge in [-0.3, -0.25) is 4.98 Å². The number of nitrogens with zero attached hydrogens (tertiary/aromatic N) is 2. The first-order chi connectivity index (χ1) is 8.16. The van der Waals surface area contributed by atoms with E-state index >= 15 is 0 Å². The molecule has 17 heavy (non-hydrogen) atoms. The molecule has 0 saturated carbocycles. The number of pyridine rings is 2. The number of thiocarbonyl (C=S) groups is 1. The van der Waals surface area contributed by atoms with Crippen molar-refractivity contribution >= 4 is 28.7 Å². The highest BCUT2D eigenvalue weighted by atomic mass is 32.1. The second kappa shape index (κ2) is 4.88. The summed E-state index contributed by atoms with van der Waals surface area (Å²) in [7, 11) is 0. The normalized spacial score (nSPS) is 9.94. The smallest absolute Gasteiger partial charge is 0.140 e. The van der Waals surface area contributed by atoms with E-state index in [1.54, 1.807) is 24.7 Å². The zero-order valence-electron chi connectivity index (χ0n) is 9.34. The fourth-order valence-corrected chi connectivity index (χ4v) is 1.63. The SMILES string of the molecule is Cc1cncc(Nc2ncccc2C(N)=S)c1. The summed E-state index contributed by atoms with van der Waals surface area (Å²) in [6.07, 6.45) is 5.20. The molecule has 2 aromatic heterocycles. The zero-order chi connectivity index (χ0) is 12.3. The Morgan fingerprint density at radius 2 is 2.24 bits per heavy atom. The molecule has 0 fully saturated rings. The molecule has 0 aliphatic rings. The average molecular weight is 244 g/mol. The molecule has 0 saturated heterocycles. The Labute approximate surface area is 105 Å². The van der Waals surface area contributed by atoms with E-state index in [4.69, 9.17) is 18.0 Å². The molecule has 0 radical (unpaired) electrons. The number of nitrogens with one attached hydrogen (secondary N) is 1. The first-order valence-electron chi connectivity index (χ1n) is 5.10. The zero-order valence-corrected chi connectivity index (χ0v) is 10.2. The molecular weight excluding hydrogens is 232 g/mol. The van der Waals surface area contributed by atoms with E-state index in [1.807, 2.05) is 19.1 Å². The van der Waals surface area contributed by atoms with Gasteiger partial charge in [0.15, 0.2) is 0 Å². The molecule has 0 atom stereocenters. The van der Waals surface area contributed by atoms with Gasteiger partial charge in [0.2, 0.25) is 0 Å². The van der Waals surface area contributed by atoms with Crippen molar-refractivity contribution in [3.8, 4) is 0 Å². The van der Waals surface area contributed by atoms with Gasteiger partial charge in [-0.25, -0.2) is 4.98 Å². The maximum absolute atomic E-state index is 5.63. The molecule has 0 unspecified atom stereocenters. The summed E-state index contributed by atoms with van der Waals surface area (Å²) < 4.78 is 0. The Morgan fingerprint density at radius 1 is 1.41 bits per heavy atom. The van der Waals surface area contributed by atoms with Crippen molar-refractivity contribution in [3.63, 3.8) is 0 Å². The Bertz CT molecular complexity index is 554. The summed E-state index contributed by atoms with van der Waals surface area (Å²) in [5.74, 6) is 0.646. The summed E-state index contributed by atoms with van der Waals surface area (Å²) in [6.45, 7) is 1.98. The molecule has 0 bridgehead atoms. The van der Waals surface area contributed by atoms with Gasteiger partial charge < -0.3 is 11.1 Å². The van der Waals surface area contributed by atoms with Crippen molar-refractivity contribution in [2.24, 2.45) is 5.73 Å². The highest BCUT2D eigenvalue weighted by Crippen LogP contribution is 2.18. The van der Waals surface area contributed by atoms with Crippen molar-refractivity contribution in [2.75, 3.05) is 5.32 Å². The van der Waals surface area contributed by atoms with E-state index in [0.717, 1.165) is 16.8 Å². The van der Waals surface area contributed by atoms with Gasteiger partial charge in [-0.15, -0.1) is 0 Å². The molecule has 3 N–H and O–H groups in total. The fraction of sp³-hybridized carbons (Fsp3) is 0.0833. The maximum atomic E-state index is 5.63. The van der Waals surface area contributed by atoms with Crippen LogP contribution in [0.15, 0.2) is 36.8 Å². The lowest BCUT2D eigenvalue weighted by Gasteiger charge is -2.09. The van der Waals surface area contributed by atoms with Crippen molar-refractivity contribution in [1.82, 2.24) is 9.97 Å². The van der Waals surface area contributed by atoms with Crippen LogP contribution in [0.3, 0.4) is 0 Å². The van der Waals surface area contributed by atoms with Crippen LogP contribution in [0.4, 0.5) is 11.5 Å². The van der Waals surface area contributed by atoms with Crippen molar-refractivity contribution < 1.29 is 0 Å². The van der Waals surface area contributed by atoms with Gasteiger partial charge in [-0.1, -0.05) is 12.2 Å². The molecule has 86 valence electrons. The first kappa shape index (κ1) is 11.5. The second-order valence-electron chi connectivity index (χ2n) is 3.64. The molecule has 0 amide bonds. The minimum absolute atomic E-state index is 0.321. The number of anilines is 2. The molecule has 0 aliphatic heterocycles. The summed E-state index contributed by atoms with van der Waals surface area (Å²) in [4.78, 5) is 8.64. The van der Waals surface area contributed by atoms with E-state index in [0.29, 0.717) is 10.8 Å². The lowest BCUT2D eigenvalue weighted by atomic mass is 10.2. The Hall–Kier alpha value is -2.01. The van der Waals surface area contributed by atoms with Gasteiger partial charge in [0, 0.05) is 12.4 Å². The topological polar surface area (TPSA) is 63.8 Å². The molecule has 4 nitrogen and oxygen atoms in total. The lowest BCUT2D eigenvalue weighted by molar-refractivity contribution is 1.24. The van der Waals surface area contributed by atoms with E-state index in [1.165, 1.54) is 0 Å². The standard InChI is InChI=1S/C12H12N4S/c1-8-5-9(7-14-6-8)16-12-10(11(13)17)3-2-4-15-12/h2-7H,1H3,(H2,13,17)(H,15,16). The molecule has 2 heterocycles. The van der Waals surface area contributed by atoms with Crippen molar-refractivity contribution in [2.45, 2.75) is 6.92 Å². The van der Waals surface area contributed by atoms with Crippen LogP contribution in [-0.4, -0.2) is 15.0 Å². The van der Waals surface area contributed by atoms with E-state index in [9.17, 15) is 0 Å². The first-order valence-corrected chi connectivity index (χ1v) is 5.51. The molecule has 0 spiro atoms. The number of aryl methyl sites for hydroxylation is 1. The molecule has 2 aromatic rings. The number of hydrogen-bond acceptors (Lipinski definition) is 4. The van der Waals surface area contributed by atoms with Crippen molar-refractivity contribution in [1.29, 1.82) is 0 Å². The van der Waals surface area contributed by atoms with Crippen LogP contribution >= 0.6 is 12.2 Å². The third-order valence-electron chi connectivity index (χ3n) is 2.21. The maximum Gasteiger partial charge on any atom is 0.140 e. The van der Waals surface area contributed by atoms with Crippen LogP contribution in [0.5, 0.6) is 0 Å². The lowest BCUT2D eigenvalue weighted by Crippen LogP contribution is -2.12. The van der Waals surface area contributed by atoms with E-state index in [2.05, 4.69) is 15.3 Å². The minimum atomic E-state index is 0.321. The average Bonchev–Trinajstić information content (AvgIpc) is 2.29. The van der Waals surface area contributed by atoms with Crippen LogP contribution in [-0.2, 0) is 0 Å². The number of rotatable bonds is 3. The Morgan fingerprint density at radius 3 is 2.94 bits per heavy atom. The number of aromatic nitrogens is 2. The number of hydrogen-bond donors (Lipinski definition) is 2. The van der Waals surface area contributed by atoms with Gasteiger partial charge in [0.25, 0.3) is 0 Å². The summed E-state index contributed by atoms with van der Waals surface area (Å²) in [6, 6.07) is 5.61. The number of nitrogens with two attached hydrogens (primary N) is 1. The van der Waals surface area contributed by atoms with E-state index in [-0.39, 0.29) is 0 Å². The third kappa shape index (κ3) is 2.76. The minimum Gasteiger partial charge on any atom is -0.389 e. The van der Waals surface area contributed by atoms with Gasteiger partial charge in [-0.2, -0.15) is 0 Å². The molecular formula is C12H12N4S. The largest absolute Gasteiger partial charge is 0.389 e. The van der Waals surface area contributed by atoms with Crippen LogP contribution in [0.2, 0.25) is 0 Å². The van der Waals surface area contributed by atoms with Crippen LogP contribution < -0.4 is 11.1 Å². The molecule has 0 aromatic carbocycles. The second-order valence-corrected chi connectivity index (χ2v) is 4.08. The summed E-state index contributed by atoms with van der Waals surface area (Å²) >= 11 is 4.97. The predicted octanol–water partition coefficient (Wildman–Crippen LogP) is 2.16. The third-order valence-corrected chi connectivity index (χ3v) is 2.43. The van der Waals surface area contributed by atoms with Gasteiger partial charge in [0.05, 0.1) is 17.4 Å². The Kier molecular flexibility index (Phi) is 3.30. The molecule has 2 rings (SSSR count). The van der Waals surface area contributed by atoms with Crippen LogP contribution in [0.25, 0.3) is 0 Å². The highest BCUT2D eigenvalue weighted by Gasteiger charge is 2.06. The fourth-order valence-electron chi connectivity index (χ4n) is 1.46. The highest BCUT2D eigenvalue weighted by molar-refractivity contribution is 7.80. The summed E-state index contributed by atoms with van der Waals surface area (Å²) in [5, 5.41) is 3.15. The van der Waals surface area contributed by atoms with Gasteiger partial charge in [-0.05, 0) is 30.7 Å². The van der Waals surface area contributed by atoms with E-state index < -0.39 is 0 Å². The monoisotopic (exact) mass is 244 g/mol. The quantitative estimate of drug-likeness (QED) is 0.810. The molecule has 5 heteroatoms. The Balaban J connectivity index is 2.33. The molecule has 0 aliphatic carbocycles. The van der Waals surface area contributed by atoms with Crippen LogP contribution in [0, 0.1) is 6.92 Å². The van der Waals surface area contributed by atoms with Gasteiger partial charge in [0.1, 0.15) is 10.8 Å². The summed E-state index contributed by atoms with van der Waals surface area (Å²) in [5.41, 5.74) is 8.29. The predicted molar refractivity (Wildman–Crippen MR) is 72.4 cm³/mol. The van der Waals surface area contributed by atoms with Gasteiger partial charge >= 0.3 is 0 Å². The van der Waals surface area contributed by atoms with Crippen molar-refractivity contribution in [3.05, 3.63) is 47.9 Å². The van der Waals surface area contributed by atoms with Crippen LogP contribution in [0.1, 0.15) is 11.1 Å².